The van der Waals surface area contributed by atoms with Crippen LogP contribution >= 0.6 is 11.8 Å². The van der Waals surface area contributed by atoms with Gasteiger partial charge in [-0.05, 0) is 24.6 Å². The first kappa shape index (κ1) is 21.8. The molecule has 6 heteroatoms. The second-order valence-electron chi connectivity index (χ2n) is 7.13. The molecule has 1 aromatic heterocycles. The molecule has 4 nitrogen and oxygen atoms in total. The van der Waals surface area contributed by atoms with Crippen molar-refractivity contribution >= 4 is 17.7 Å². The van der Waals surface area contributed by atoms with Crippen molar-refractivity contribution in [3.05, 3.63) is 96.3 Å². The molecule has 0 N–H and O–H groups in total. The highest BCUT2D eigenvalue weighted by Crippen LogP contribution is 2.36. The number of benzene rings is 3. The fourth-order valence-electron chi connectivity index (χ4n) is 3.44. The largest absolute Gasteiger partial charge is 0.465 e. The van der Waals surface area contributed by atoms with E-state index in [-0.39, 0.29) is 18.3 Å². The van der Waals surface area contributed by atoms with E-state index in [9.17, 15) is 9.18 Å². The van der Waals surface area contributed by atoms with Gasteiger partial charge in [-0.2, -0.15) is 0 Å². The summed E-state index contributed by atoms with van der Waals surface area (Å²) in [7, 11) is 0. The molecule has 32 heavy (non-hydrogen) atoms. The molecule has 4 aromatic rings. The van der Waals surface area contributed by atoms with E-state index in [2.05, 4.69) is 0 Å². The predicted molar refractivity (Wildman–Crippen MR) is 126 cm³/mol. The molecule has 0 aliphatic heterocycles. The number of ether oxygens (including phenoxy) is 1. The maximum atomic E-state index is 13.3. The molecule has 0 aliphatic carbocycles. The van der Waals surface area contributed by atoms with Crippen LogP contribution < -0.4 is 0 Å². The van der Waals surface area contributed by atoms with Crippen molar-refractivity contribution in [3.8, 4) is 22.5 Å². The summed E-state index contributed by atoms with van der Waals surface area (Å²) in [6.07, 6.45) is 0. The summed E-state index contributed by atoms with van der Waals surface area (Å²) in [6, 6.07) is 26.3. The minimum absolute atomic E-state index is 0.0592. The maximum Gasteiger partial charge on any atom is 0.326 e. The van der Waals surface area contributed by atoms with Gasteiger partial charge in [-0.15, -0.1) is 0 Å². The van der Waals surface area contributed by atoms with Crippen LogP contribution in [0.15, 0.2) is 90.1 Å². The number of rotatable bonds is 8. The van der Waals surface area contributed by atoms with Crippen LogP contribution in [0.3, 0.4) is 0 Å². The van der Waals surface area contributed by atoms with Crippen LogP contribution in [0.2, 0.25) is 0 Å². The number of imidazole rings is 1. The van der Waals surface area contributed by atoms with Crippen molar-refractivity contribution in [3.63, 3.8) is 0 Å². The molecule has 0 atom stereocenters. The monoisotopic (exact) mass is 446 g/mol. The van der Waals surface area contributed by atoms with E-state index in [1.807, 2.05) is 65.2 Å². The van der Waals surface area contributed by atoms with Crippen molar-refractivity contribution in [2.45, 2.75) is 24.4 Å². The highest BCUT2D eigenvalue weighted by atomic mass is 32.2. The van der Waals surface area contributed by atoms with Gasteiger partial charge < -0.3 is 9.30 Å². The number of halogens is 1. The second kappa shape index (κ2) is 10.3. The minimum atomic E-state index is -0.315. The Morgan fingerprint density at radius 1 is 0.938 bits per heavy atom. The highest BCUT2D eigenvalue weighted by Gasteiger charge is 2.22. The Kier molecular flexibility index (Phi) is 7.02. The van der Waals surface area contributed by atoms with Crippen LogP contribution in [-0.2, 0) is 21.8 Å². The second-order valence-corrected chi connectivity index (χ2v) is 8.07. The average molecular weight is 447 g/mol. The van der Waals surface area contributed by atoms with Gasteiger partial charge in [-0.3, -0.25) is 4.79 Å². The van der Waals surface area contributed by atoms with E-state index < -0.39 is 0 Å². The van der Waals surface area contributed by atoms with Gasteiger partial charge in [0.1, 0.15) is 12.4 Å². The summed E-state index contributed by atoms with van der Waals surface area (Å²) in [6.45, 7) is 2.17. The van der Waals surface area contributed by atoms with Crippen molar-refractivity contribution in [1.82, 2.24) is 9.55 Å². The van der Waals surface area contributed by atoms with Gasteiger partial charge in [0, 0.05) is 16.9 Å². The van der Waals surface area contributed by atoms with E-state index in [0.717, 1.165) is 28.1 Å². The number of aromatic nitrogens is 2. The summed E-state index contributed by atoms with van der Waals surface area (Å²) >= 11 is 1.51. The third-order valence-corrected chi connectivity index (χ3v) is 5.95. The Labute approximate surface area is 191 Å². The quantitative estimate of drug-likeness (QED) is 0.238. The van der Waals surface area contributed by atoms with Crippen molar-refractivity contribution < 1.29 is 13.9 Å². The lowest BCUT2D eigenvalue weighted by Gasteiger charge is -2.12. The van der Waals surface area contributed by atoms with Gasteiger partial charge >= 0.3 is 5.97 Å². The van der Waals surface area contributed by atoms with Gasteiger partial charge in [0.2, 0.25) is 0 Å². The van der Waals surface area contributed by atoms with E-state index in [1.54, 1.807) is 19.1 Å². The minimum Gasteiger partial charge on any atom is -0.465 e. The molecule has 0 fully saturated rings. The molecule has 1 heterocycles. The molecule has 0 aliphatic rings. The predicted octanol–water partition coefficient (Wildman–Crippen LogP) is 6.21. The first-order valence-electron chi connectivity index (χ1n) is 10.4. The summed E-state index contributed by atoms with van der Waals surface area (Å²) < 4.78 is 20.5. The maximum absolute atomic E-state index is 13.3. The number of carbonyl (C=O) groups is 1. The Morgan fingerprint density at radius 3 is 2.19 bits per heavy atom. The number of hydrogen-bond donors (Lipinski definition) is 0. The average Bonchev–Trinajstić information content (AvgIpc) is 3.18. The van der Waals surface area contributed by atoms with Crippen LogP contribution in [0.1, 0.15) is 12.5 Å². The Balaban J connectivity index is 1.80. The van der Waals surface area contributed by atoms with Gasteiger partial charge in [-0.1, -0.05) is 84.6 Å². The highest BCUT2D eigenvalue weighted by molar-refractivity contribution is 7.98. The van der Waals surface area contributed by atoms with Crippen LogP contribution in [0.25, 0.3) is 22.5 Å². The third-order valence-electron chi connectivity index (χ3n) is 4.90. The summed E-state index contributed by atoms with van der Waals surface area (Å²) in [5.74, 6) is 0.0216. The normalized spacial score (nSPS) is 10.8. The summed E-state index contributed by atoms with van der Waals surface area (Å²) in [4.78, 5) is 17.4. The molecule has 0 saturated carbocycles. The zero-order valence-electron chi connectivity index (χ0n) is 17.7. The summed E-state index contributed by atoms with van der Waals surface area (Å²) in [5, 5.41) is 0.708. The SMILES string of the molecule is CCOC(=O)Cn1c(SCc2ccc(F)cc2)nc(-c2ccccc2)c1-c1ccccc1. The molecule has 0 radical (unpaired) electrons. The number of esters is 1. The fraction of sp³-hybridized carbons (Fsp3) is 0.154. The van der Waals surface area contributed by atoms with E-state index in [0.29, 0.717) is 17.5 Å². The van der Waals surface area contributed by atoms with Crippen LogP contribution in [0, 0.1) is 5.82 Å². The van der Waals surface area contributed by atoms with E-state index in [1.165, 1.54) is 23.9 Å². The lowest BCUT2D eigenvalue weighted by molar-refractivity contribution is -0.143. The van der Waals surface area contributed by atoms with Gasteiger partial charge in [0.25, 0.3) is 0 Å². The molecule has 0 unspecified atom stereocenters. The first-order chi connectivity index (χ1) is 15.7. The molecule has 0 saturated heterocycles. The van der Waals surface area contributed by atoms with Crippen LogP contribution in [0.5, 0.6) is 0 Å². The Bertz CT molecular complexity index is 1180. The smallest absolute Gasteiger partial charge is 0.326 e. The van der Waals surface area contributed by atoms with Crippen LogP contribution in [-0.4, -0.2) is 22.1 Å². The molecule has 0 amide bonds. The van der Waals surface area contributed by atoms with E-state index >= 15 is 0 Å². The van der Waals surface area contributed by atoms with Gasteiger partial charge in [-0.25, -0.2) is 9.37 Å². The van der Waals surface area contributed by atoms with E-state index in [4.69, 9.17) is 9.72 Å². The standard InChI is InChI=1S/C26H23FN2O2S/c1-2-31-23(30)17-29-25(21-11-7-4-8-12-21)24(20-9-5-3-6-10-20)28-26(29)32-18-19-13-15-22(27)16-14-19/h3-16H,2,17-18H2,1H3. The van der Waals surface area contributed by atoms with Gasteiger partial charge in [0.15, 0.2) is 5.16 Å². The number of hydrogen-bond acceptors (Lipinski definition) is 4. The number of nitrogens with zero attached hydrogens (tertiary/aromatic N) is 2. The first-order valence-corrected chi connectivity index (χ1v) is 11.4. The fourth-order valence-corrected chi connectivity index (χ4v) is 4.40. The van der Waals surface area contributed by atoms with Crippen molar-refractivity contribution in [2.75, 3.05) is 6.61 Å². The zero-order valence-corrected chi connectivity index (χ0v) is 18.5. The lowest BCUT2D eigenvalue weighted by Crippen LogP contribution is -2.15. The third kappa shape index (κ3) is 5.08. The molecular formula is C26H23FN2O2S. The Morgan fingerprint density at radius 2 is 1.56 bits per heavy atom. The molecule has 4 rings (SSSR count). The molecule has 3 aromatic carbocycles. The lowest BCUT2D eigenvalue weighted by atomic mass is 10.0. The van der Waals surface area contributed by atoms with Crippen LogP contribution in [0.4, 0.5) is 4.39 Å². The van der Waals surface area contributed by atoms with Crippen molar-refractivity contribution in [2.24, 2.45) is 0 Å². The molecule has 0 spiro atoms. The Hall–Kier alpha value is -3.38. The number of thioether (sulfide) groups is 1. The molecule has 162 valence electrons. The zero-order chi connectivity index (χ0) is 22.3. The van der Waals surface area contributed by atoms with Gasteiger partial charge in [0.05, 0.1) is 18.0 Å². The molecular weight excluding hydrogens is 423 g/mol. The number of carbonyl (C=O) groups excluding carboxylic acids is 1. The molecule has 0 bridgehead atoms. The topological polar surface area (TPSA) is 44.1 Å². The van der Waals surface area contributed by atoms with Crippen molar-refractivity contribution in [1.29, 1.82) is 0 Å². The summed E-state index contributed by atoms with van der Waals surface area (Å²) in [5.41, 5.74) is 4.59.